The van der Waals surface area contributed by atoms with Crippen molar-refractivity contribution in [2.45, 2.75) is 27.3 Å². The molecule has 0 aromatic carbocycles. The number of aryl methyl sites for hydroxylation is 3. The second-order valence-electron chi connectivity index (χ2n) is 7.12. The first-order valence-electron chi connectivity index (χ1n) is 9.61. The number of rotatable bonds is 6. The van der Waals surface area contributed by atoms with Gasteiger partial charge in [0.2, 0.25) is 5.91 Å². The Morgan fingerprint density at radius 3 is 2.58 bits per heavy atom. The van der Waals surface area contributed by atoms with Gasteiger partial charge in [-0.05, 0) is 38.1 Å². The van der Waals surface area contributed by atoms with Gasteiger partial charge in [-0.3, -0.25) is 19.6 Å². The van der Waals surface area contributed by atoms with Crippen LogP contribution in [0.1, 0.15) is 33.5 Å². The van der Waals surface area contributed by atoms with E-state index in [0.29, 0.717) is 17.2 Å². The summed E-state index contributed by atoms with van der Waals surface area (Å²) in [6.45, 7) is 5.98. The van der Waals surface area contributed by atoms with Crippen molar-refractivity contribution in [1.29, 1.82) is 0 Å². The average Bonchev–Trinajstić information content (AvgIpc) is 3.49. The molecular formula is C21H22N6O2S2. The summed E-state index contributed by atoms with van der Waals surface area (Å²) in [4.78, 5) is 30.7. The summed E-state index contributed by atoms with van der Waals surface area (Å²) in [7, 11) is 1.82. The van der Waals surface area contributed by atoms with Gasteiger partial charge in [-0.15, -0.1) is 22.7 Å². The van der Waals surface area contributed by atoms with Crippen molar-refractivity contribution in [1.82, 2.24) is 24.6 Å². The zero-order valence-electron chi connectivity index (χ0n) is 17.6. The molecular weight excluding hydrogens is 432 g/mol. The van der Waals surface area contributed by atoms with E-state index in [9.17, 15) is 9.59 Å². The Bertz CT molecular complexity index is 1240. The number of amides is 2. The zero-order chi connectivity index (χ0) is 22.1. The van der Waals surface area contributed by atoms with Gasteiger partial charge >= 0.3 is 0 Å². The predicted molar refractivity (Wildman–Crippen MR) is 123 cm³/mol. The highest BCUT2D eigenvalue weighted by atomic mass is 32.1. The van der Waals surface area contributed by atoms with E-state index >= 15 is 0 Å². The van der Waals surface area contributed by atoms with Gasteiger partial charge in [-0.25, -0.2) is 4.98 Å². The first kappa shape index (κ1) is 21.0. The van der Waals surface area contributed by atoms with Crippen molar-refractivity contribution in [3.63, 3.8) is 0 Å². The lowest BCUT2D eigenvalue weighted by Gasteiger charge is -2.12. The van der Waals surface area contributed by atoms with Crippen molar-refractivity contribution in [2.24, 2.45) is 7.05 Å². The summed E-state index contributed by atoms with van der Waals surface area (Å²) in [5.74, 6) is 0.401. The molecule has 0 saturated carbocycles. The Kier molecular flexibility index (Phi) is 5.75. The molecule has 0 radical (unpaired) electrons. The Morgan fingerprint density at radius 2 is 1.87 bits per heavy atom. The highest BCUT2D eigenvalue weighted by Gasteiger charge is 2.21. The van der Waals surface area contributed by atoms with Gasteiger partial charge in [-0.2, -0.15) is 5.10 Å². The van der Waals surface area contributed by atoms with E-state index in [0.717, 1.165) is 32.7 Å². The minimum atomic E-state index is -0.256. The van der Waals surface area contributed by atoms with Crippen molar-refractivity contribution in [2.75, 3.05) is 5.32 Å². The number of thiazole rings is 1. The Morgan fingerprint density at radius 1 is 1.13 bits per heavy atom. The average molecular weight is 455 g/mol. The Labute approximate surface area is 187 Å². The van der Waals surface area contributed by atoms with Crippen LogP contribution >= 0.6 is 22.7 Å². The van der Waals surface area contributed by atoms with E-state index < -0.39 is 0 Å². The normalized spacial score (nSPS) is 11.0. The summed E-state index contributed by atoms with van der Waals surface area (Å²) >= 11 is 2.94. The van der Waals surface area contributed by atoms with Gasteiger partial charge in [0.1, 0.15) is 11.4 Å². The predicted octanol–water partition coefficient (Wildman–Crippen LogP) is 3.90. The maximum atomic E-state index is 13.0. The molecule has 8 nitrogen and oxygen atoms in total. The third kappa shape index (κ3) is 4.30. The van der Waals surface area contributed by atoms with Gasteiger partial charge < -0.3 is 9.88 Å². The minimum Gasteiger partial charge on any atom is -0.351 e. The quantitative estimate of drug-likeness (QED) is 0.462. The largest absolute Gasteiger partial charge is 0.351 e. The Hall–Kier alpha value is -3.24. The standard InChI is InChI=1S/C21H22N6O2S2/c1-12-5-6-13(2)27(12)20-16(10-23-26(20)4)19(29)25-21-24-17(11-30-21)18-8-7-15(31-18)9-22-14(3)28/h5-8,10-11H,9H2,1-4H3,(H,22,28)(H,24,25,29). The van der Waals surface area contributed by atoms with Gasteiger partial charge in [0.15, 0.2) is 5.13 Å². The number of hydrogen-bond donors (Lipinski definition) is 2. The van der Waals surface area contributed by atoms with E-state index in [1.165, 1.54) is 18.3 Å². The second-order valence-corrected chi connectivity index (χ2v) is 9.15. The van der Waals surface area contributed by atoms with Crippen LogP contribution < -0.4 is 10.6 Å². The van der Waals surface area contributed by atoms with Gasteiger partial charge in [-0.1, -0.05) is 0 Å². The lowest BCUT2D eigenvalue weighted by molar-refractivity contribution is -0.119. The molecule has 4 heterocycles. The molecule has 31 heavy (non-hydrogen) atoms. The van der Waals surface area contributed by atoms with Crippen LogP contribution in [-0.4, -0.2) is 31.1 Å². The number of carbonyl (C=O) groups excluding carboxylic acids is 2. The molecule has 4 rings (SSSR count). The van der Waals surface area contributed by atoms with Crippen LogP contribution in [0.15, 0.2) is 35.8 Å². The minimum absolute atomic E-state index is 0.0614. The number of nitrogens with one attached hydrogen (secondary N) is 2. The first-order valence-corrected chi connectivity index (χ1v) is 11.3. The van der Waals surface area contributed by atoms with Crippen LogP contribution in [0, 0.1) is 13.8 Å². The lowest BCUT2D eigenvalue weighted by atomic mass is 10.3. The molecule has 0 aliphatic carbocycles. The van der Waals surface area contributed by atoms with Crippen molar-refractivity contribution < 1.29 is 9.59 Å². The molecule has 0 saturated heterocycles. The van der Waals surface area contributed by atoms with Crippen LogP contribution in [0.25, 0.3) is 16.4 Å². The molecule has 0 atom stereocenters. The summed E-state index contributed by atoms with van der Waals surface area (Å²) in [5, 5.41) is 12.4. The monoisotopic (exact) mass is 454 g/mol. The Balaban J connectivity index is 1.53. The zero-order valence-corrected chi connectivity index (χ0v) is 19.2. The lowest BCUT2D eigenvalue weighted by Crippen LogP contribution is -2.17. The van der Waals surface area contributed by atoms with E-state index in [-0.39, 0.29) is 11.8 Å². The second kappa shape index (κ2) is 8.48. The number of aromatic nitrogens is 4. The number of carbonyl (C=O) groups is 2. The summed E-state index contributed by atoms with van der Waals surface area (Å²) in [6.07, 6.45) is 1.58. The van der Waals surface area contributed by atoms with Crippen molar-refractivity contribution >= 4 is 39.6 Å². The van der Waals surface area contributed by atoms with Crippen LogP contribution in [0.5, 0.6) is 0 Å². The maximum absolute atomic E-state index is 13.0. The highest BCUT2D eigenvalue weighted by Crippen LogP contribution is 2.31. The smallest absolute Gasteiger partial charge is 0.262 e. The fraction of sp³-hybridized carbons (Fsp3) is 0.238. The molecule has 0 unspecified atom stereocenters. The van der Waals surface area contributed by atoms with Crippen molar-refractivity contribution in [3.05, 3.63) is 57.7 Å². The van der Waals surface area contributed by atoms with Gasteiger partial charge in [0.25, 0.3) is 5.91 Å². The molecule has 0 spiro atoms. The fourth-order valence-corrected chi connectivity index (χ4v) is 4.98. The number of nitrogens with zero attached hydrogens (tertiary/aromatic N) is 4. The molecule has 0 aliphatic heterocycles. The summed E-state index contributed by atoms with van der Waals surface area (Å²) < 4.78 is 3.71. The molecule has 0 fully saturated rings. The molecule has 10 heteroatoms. The molecule has 4 aromatic heterocycles. The third-order valence-corrected chi connectivity index (χ3v) is 6.65. The molecule has 0 aliphatic rings. The first-order chi connectivity index (χ1) is 14.8. The number of anilines is 1. The summed E-state index contributed by atoms with van der Waals surface area (Å²) in [5.41, 5.74) is 3.33. The molecule has 4 aromatic rings. The van der Waals surface area contributed by atoms with Gasteiger partial charge in [0.05, 0.1) is 23.3 Å². The SMILES string of the molecule is CC(=O)NCc1ccc(-c2csc(NC(=O)c3cnn(C)c3-n3c(C)ccc3C)n2)s1. The molecule has 160 valence electrons. The van der Waals surface area contributed by atoms with Crippen LogP contribution in [0.3, 0.4) is 0 Å². The molecule has 0 bridgehead atoms. The van der Waals surface area contributed by atoms with E-state index in [4.69, 9.17) is 0 Å². The van der Waals surface area contributed by atoms with Crippen LogP contribution in [-0.2, 0) is 18.4 Å². The maximum Gasteiger partial charge on any atom is 0.262 e. The molecule has 2 N–H and O–H groups in total. The van der Waals surface area contributed by atoms with Crippen molar-refractivity contribution in [3.8, 4) is 16.4 Å². The topological polar surface area (TPSA) is 93.8 Å². The summed E-state index contributed by atoms with van der Waals surface area (Å²) in [6, 6.07) is 7.97. The van der Waals surface area contributed by atoms with E-state index in [1.807, 2.05) is 55.1 Å². The van der Waals surface area contributed by atoms with Crippen LogP contribution in [0.2, 0.25) is 0 Å². The van der Waals surface area contributed by atoms with Gasteiger partial charge in [0, 0.05) is 35.6 Å². The highest BCUT2D eigenvalue weighted by molar-refractivity contribution is 7.17. The number of hydrogen-bond acceptors (Lipinski definition) is 6. The number of thiophene rings is 1. The fourth-order valence-electron chi connectivity index (χ4n) is 3.29. The van der Waals surface area contributed by atoms with Crippen LogP contribution in [0.4, 0.5) is 5.13 Å². The van der Waals surface area contributed by atoms with E-state index in [2.05, 4.69) is 20.7 Å². The molecule has 2 amide bonds. The van der Waals surface area contributed by atoms with E-state index in [1.54, 1.807) is 22.2 Å². The third-order valence-electron chi connectivity index (χ3n) is 4.79.